The number of piperazine rings is 1. The molecular formula is C16H30N2O. The van der Waals surface area contributed by atoms with Gasteiger partial charge in [0.05, 0.1) is 6.10 Å². The first-order valence-corrected chi connectivity index (χ1v) is 8.29. The molecule has 0 amide bonds. The van der Waals surface area contributed by atoms with Gasteiger partial charge in [0.2, 0.25) is 0 Å². The van der Waals surface area contributed by atoms with Crippen LogP contribution < -0.4 is 5.32 Å². The van der Waals surface area contributed by atoms with E-state index in [1.54, 1.807) is 0 Å². The van der Waals surface area contributed by atoms with Crippen LogP contribution >= 0.6 is 0 Å². The van der Waals surface area contributed by atoms with Gasteiger partial charge in [-0.05, 0) is 39.0 Å². The van der Waals surface area contributed by atoms with E-state index in [2.05, 4.69) is 24.1 Å². The topological polar surface area (TPSA) is 24.5 Å². The summed E-state index contributed by atoms with van der Waals surface area (Å²) in [6, 6.07) is 0.681. The molecule has 3 rings (SSSR count). The summed E-state index contributed by atoms with van der Waals surface area (Å²) in [5, 5.41) is 3.88. The van der Waals surface area contributed by atoms with Crippen molar-refractivity contribution < 1.29 is 4.74 Å². The number of hydrogen-bond donors (Lipinski definition) is 1. The highest BCUT2D eigenvalue weighted by Crippen LogP contribution is 2.33. The van der Waals surface area contributed by atoms with E-state index in [1.165, 1.54) is 58.2 Å². The fourth-order valence-electron chi connectivity index (χ4n) is 4.22. The van der Waals surface area contributed by atoms with Gasteiger partial charge in [0, 0.05) is 37.8 Å². The summed E-state index contributed by atoms with van der Waals surface area (Å²) >= 11 is 0. The third-order valence-electron chi connectivity index (χ3n) is 5.71. The van der Waals surface area contributed by atoms with Gasteiger partial charge in [-0.25, -0.2) is 0 Å². The Labute approximate surface area is 118 Å². The zero-order chi connectivity index (χ0) is 13.3. The van der Waals surface area contributed by atoms with Crippen LogP contribution in [0.1, 0.15) is 52.4 Å². The smallest absolute Gasteiger partial charge is 0.0588 e. The van der Waals surface area contributed by atoms with E-state index in [4.69, 9.17) is 4.74 Å². The molecule has 110 valence electrons. The molecule has 1 N–H and O–H groups in total. The first-order chi connectivity index (χ1) is 9.19. The Morgan fingerprint density at radius 3 is 2.68 bits per heavy atom. The lowest BCUT2D eigenvalue weighted by Crippen LogP contribution is -2.64. The Morgan fingerprint density at radius 1 is 1.21 bits per heavy atom. The SMILES string of the molecule is CC1OCCC1CN1CC2(CCCCC2)NCC1C. The van der Waals surface area contributed by atoms with Crippen LogP contribution in [0.3, 0.4) is 0 Å². The standard InChI is InChI=1S/C16H30N2O/c1-13-10-17-16(7-4-3-5-8-16)12-18(13)11-15-6-9-19-14(15)2/h13-15,17H,3-12H2,1-2H3. The normalized spacial score (nSPS) is 39.8. The lowest BCUT2D eigenvalue weighted by Gasteiger charge is -2.49. The molecular weight excluding hydrogens is 236 g/mol. The van der Waals surface area contributed by atoms with E-state index < -0.39 is 0 Å². The third-order valence-corrected chi connectivity index (χ3v) is 5.71. The first-order valence-electron chi connectivity index (χ1n) is 8.29. The lowest BCUT2D eigenvalue weighted by molar-refractivity contribution is 0.0358. The Hall–Kier alpha value is -0.120. The van der Waals surface area contributed by atoms with Gasteiger partial charge >= 0.3 is 0 Å². The molecule has 2 aliphatic heterocycles. The van der Waals surface area contributed by atoms with Crippen molar-refractivity contribution >= 4 is 0 Å². The highest BCUT2D eigenvalue weighted by atomic mass is 16.5. The van der Waals surface area contributed by atoms with Crippen molar-refractivity contribution in [3.63, 3.8) is 0 Å². The molecule has 3 fully saturated rings. The average molecular weight is 266 g/mol. The minimum Gasteiger partial charge on any atom is -0.378 e. The molecule has 3 aliphatic rings. The van der Waals surface area contributed by atoms with Crippen LogP contribution in [0.4, 0.5) is 0 Å². The van der Waals surface area contributed by atoms with Crippen LogP contribution in [0, 0.1) is 5.92 Å². The fourth-order valence-corrected chi connectivity index (χ4v) is 4.22. The van der Waals surface area contributed by atoms with Gasteiger partial charge in [-0.2, -0.15) is 0 Å². The van der Waals surface area contributed by atoms with Crippen LogP contribution in [0.2, 0.25) is 0 Å². The highest BCUT2D eigenvalue weighted by Gasteiger charge is 2.40. The molecule has 0 bridgehead atoms. The number of nitrogens with zero attached hydrogens (tertiary/aromatic N) is 1. The molecule has 1 spiro atoms. The van der Waals surface area contributed by atoms with E-state index in [9.17, 15) is 0 Å². The summed E-state index contributed by atoms with van der Waals surface area (Å²) in [7, 11) is 0. The first kappa shape index (κ1) is 13.8. The zero-order valence-corrected chi connectivity index (χ0v) is 12.7. The van der Waals surface area contributed by atoms with Gasteiger partial charge in [0.1, 0.15) is 0 Å². The molecule has 3 atom stereocenters. The monoisotopic (exact) mass is 266 g/mol. The molecule has 3 unspecified atom stereocenters. The van der Waals surface area contributed by atoms with Crippen molar-refractivity contribution in [2.24, 2.45) is 5.92 Å². The maximum Gasteiger partial charge on any atom is 0.0588 e. The van der Waals surface area contributed by atoms with E-state index in [-0.39, 0.29) is 0 Å². The fraction of sp³-hybridized carbons (Fsp3) is 1.00. The lowest BCUT2D eigenvalue weighted by atomic mass is 9.79. The molecule has 0 aromatic rings. The number of nitrogens with one attached hydrogen (secondary N) is 1. The van der Waals surface area contributed by atoms with Crippen molar-refractivity contribution in [2.45, 2.75) is 70.1 Å². The molecule has 3 heteroatoms. The van der Waals surface area contributed by atoms with Crippen LogP contribution in [0.15, 0.2) is 0 Å². The van der Waals surface area contributed by atoms with Gasteiger partial charge in [0.25, 0.3) is 0 Å². The highest BCUT2D eigenvalue weighted by molar-refractivity contribution is 4.99. The molecule has 19 heavy (non-hydrogen) atoms. The van der Waals surface area contributed by atoms with Crippen LogP contribution in [0.25, 0.3) is 0 Å². The largest absolute Gasteiger partial charge is 0.378 e. The molecule has 3 nitrogen and oxygen atoms in total. The summed E-state index contributed by atoms with van der Waals surface area (Å²) in [4.78, 5) is 2.75. The third kappa shape index (κ3) is 2.98. The van der Waals surface area contributed by atoms with Gasteiger partial charge in [-0.3, -0.25) is 4.90 Å². The summed E-state index contributed by atoms with van der Waals surface area (Å²) < 4.78 is 5.74. The molecule has 0 aromatic heterocycles. The predicted molar refractivity (Wildman–Crippen MR) is 78.4 cm³/mol. The Kier molecular flexibility index (Phi) is 4.16. The second kappa shape index (κ2) is 5.71. The van der Waals surface area contributed by atoms with Crippen LogP contribution in [-0.4, -0.2) is 48.8 Å². The van der Waals surface area contributed by atoms with Gasteiger partial charge in [-0.1, -0.05) is 19.3 Å². The number of ether oxygens (including phenoxy) is 1. The van der Waals surface area contributed by atoms with Crippen molar-refractivity contribution in [2.75, 3.05) is 26.2 Å². The summed E-state index contributed by atoms with van der Waals surface area (Å²) in [5.41, 5.74) is 0.438. The van der Waals surface area contributed by atoms with Crippen LogP contribution in [0.5, 0.6) is 0 Å². The Bertz CT molecular complexity index is 301. The van der Waals surface area contributed by atoms with E-state index >= 15 is 0 Å². The maximum absolute atomic E-state index is 5.74. The minimum absolute atomic E-state index is 0.438. The summed E-state index contributed by atoms with van der Waals surface area (Å²) in [6.07, 6.45) is 8.75. The maximum atomic E-state index is 5.74. The van der Waals surface area contributed by atoms with E-state index in [1.807, 2.05) is 0 Å². The summed E-state index contributed by atoms with van der Waals surface area (Å²) in [6.45, 7) is 9.27. The van der Waals surface area contributed by atoms with Crippen LogP contribution in [-0.2, 0) is 4.74 Å². The minimum atomic E-state index is 0.438. The molecule has 2 saturated heterocycles. The molecule has 1 aliphatic carbocycles. The van der Waals surface area contributed by atoms with E-state index in [0.717, 1.165) is 12.5 Å². The summed E-state index contributed by atoms with van der Waals surface area (Å²) in [5.74, 6) is 0.751. The predicted octanol–water partition coefficient (Wildman–Crippen LogP) is 2.41. The van der Waals surface area contributed by atoms with Crippen molar-refractivity contribution in [1.29, 1.82) is 0 Å². The zero-order valence-electron chi connectivity index (χ0n) is 12.7. The van der Waals surface area contributed by atoms with Gasteiger partial charge < -0.3 is 10.1 Å². The molecule has 0 aromatic carbocycles. The molecule has 0 radical (unpaired) electrons. The van der Waals surface area contributed by atoms with Crippen molar-refractivity contribution in [3.8, 4) is 0 Å². The Morgan fingerprint density at radius 2 is 2.00 bits per heavy atom. The second-order valence-corrected chi connectivity index (χ2v) is 7.13. The van der Waals surface area contributed by atoms with Gasteiger partial charge in [-0.15, -0.1) is 0 Å². The average Bonchev–Trinajstić information content (AvgIpc) is 2.81. The van der Waals surface area contributed by atoms with Gasteiger partial charge in [0.15, 0.2) is 0 Å². The Balaban J connectivity index is 1.62. The quantitative estimate of drug-likeness (QED) is 0.830. The van der Waals surface area contributed by atoms with Crippen molar-refractivity contribution in [3.05, 3.63) is 0 Å². The van der Waals surface area contributed by atoms with E-state index in [0.29, 0.717) is 17.7 Å². The molecule has 2 heterocycles. The van der Waals surface area contributed by atoms with Crippen molar-refractivity contribution in [1.82, 2.24) is 10.2 Å². The number of hydrogen-bond acceptors (Lipinski definition) is 3. The second-order valence-electron chi connectivity index (χ2n) is 7.13. The molecule has 1 saturated carbocycles. The number of rotatable bonds is 2.